The average molecular weight is 387 g/mol. The normalized spacial score (nSPS) is 22.4. The molecule has 0 spiro atoms. The molecule has 2 atom stereocenters. The SMILES string of the molecule is CC(C)CC[C@@]1(C(=O)O)CN(C(=O)c2ccccc2-c2nn[nH]n2)CC[C@H]1O. The number of aliphatic carboxylic acids is 1. The lowest BCUT2D eigenvalue weighted by atomic mass is 9.72. The van der Waals surface area contributed by atoms with Crippen LogP contribution in [-0.2, 0) is 4.79 Å². The first-order valence-corrected chi connectivity index (χ1v) is 9.38. The quantitative estimate of drug-likeness (QED) is 0.685. The summed E-state index contributed by atoms with van der Waals surface area (Å²) >= 11 is 0. The number of carboxylic acid groups (broad SMARTS) is 1. The number of likely N-dealkylation sites (tertiary alicyclic amines) is 1. The summed E-state index contributed by atoms with van der Waals surface area (Å²) in [5.41, 5.74) is -0.460. The molecule has 1 aromatic heterocycles. The van der Waals surface area contributed by atoms with Gasteiger partial charge in [0, 0.05) is 18.7 Å². The van der Waals surface area contributed by atoms with Crippen molar-refractivity contribution < 1.29 is 19.8 Å². The smallest absolute Gasteiger partial charge is 0.314 e. The van der Waals surface area contributed by atoms with Gasteiger partial charge in [0.1, 0.15) is 5.41 Å². The number of aromatic amines is 1. The van der Waals surface area contributed by atoms with Crippen molar-refractivity contribution in [1.29, 1.82) is 0 Å². The minimum atomic E-state index is -1.36. The molecule has 0 aliphatic carbocycles. The van der Waals surface area contributed by atoms with Crippen molar-refractivity contribution in [2.75, 3.05) is 13.1 Å². The molecule has 1 saturated heterocycles. The number of rotatable bonds is 6. The Hall–Kier alpha value is -2.81. The number of aliphatic hydroxyl groups excluding tert-OH is 1. The summed E-state index contributed by atoms with van der Waals surface area (Å²) in [7, 11) is 0. The monoisotopic (exact) mass is 387 g/mol. The second-order valence-electron chi connectivity index (χ2n) is 7.71. The van der Waals surface area contributed by atoms with Gasteiger partial charge in [-0.25, -0.2) is 0 Å². The summed E-state index contributed by atoms with van der Waals surface area (Å²) in [6.07, 6.45) is 0.211. The second-order valence-corrected chi connectivity index (χ2v) is 7.71. The number of carbonyl (C=O) groups is 2. The third-order valence-corrected chi connectivity index (χ3v) is 5.41. The van der Waals surface area contributed by atoms with Crippen molar-refractivity contribution in [1.82, 2.24) is 25.5 Å². The van der Waals surface area contributed by atoms with Gasteiger partial charge in [-0.2, -0.15) is 5.21 Å². The number of piperidine rings is 1. The van der Waals surface area contributed by atoms with Gasteiger partial charge in [-0.3, -0.25) is 9.59 Å². The predicted molar refractivity (Wildman–Crippen MR) is 100 cm³/mol. The number of aromatic nitrogens is 4. The minimum absolute atomic E-state index is 0.0321. The molecule has 0 bridgehead atoms. The molecule has 2 heterocycles. The van der Waals surface area contributed by atoms with E-state index in [9.17, 15) is 19.8 Å². The molecule has 1 aliphatic heterocycles. The maximum absolute atomic E-state index is 13.2. The number of benzene rings is 1. The highest BCUT2D eigenvalue weighted by molar-refractivity contribution is 6.00. The number of tetrazole rings is 1. The number of nitrogens with one attached hydrogen (secondary N) is 1. The van der Waals surface area contributed by atoms with Crippen LogP contribution in [-0.4, -0.2) is 66.8 Å². The van der Waals surface area contributed by atoms with E-state index < -0.39 is 17.5 Å². The highest BCUT2D eigenvalue weighted by atomic mass is 16.4. The molecule has 0 unspecified atom stereocenters. The standard InChI is InChI=1S/C19H25N5O4/c1-12(2)7-9-19(18(27)28)11-24(10-8-15(19)25)17(26)14-6-4-3-5-13(14)16-20-22-23-21-16/h3-6,12,15,25H,7-11H2,1-2H3,(H,27,28)(H,20,21,22,23)/t15-,19-/m1/s1. The first kappa shape index (κ1) is 19.9. The lowest BCUT2D eigenvalue weighted by Crippen LogP contribution is -2.57. The van der Waals surface area contributed by atoms with Crippen LogP contribution < -0.4 is 0 Å². The molecular formula is C19H25N5O4. The summed E-state index contributed by atoms with van der Waals surface area (Å²) in [6.45, 7) is 4.27. The van der Waals surface area contributed by atoms with Gasteiger partial charge >= 0.3 is 5.97 Å². The van der Waals surface area contributed by atoms with E-state index >= 15 is 0 Å². The van der Waals surface area contributed by atoms with Crippen LogP contribution in [0, 0.1) is 11.3 Å². The third kappa shape index (κ3) is 3.75. The van der Waals surface area contributed by atoms with Crippen LogP contribution >= 0.6 is 0 Å². The number of amides is 1. The van der Waals surface area contributed by atoms with E-state index in [1.165, 1.54) is 4.90 Å². The van der Waals surface area contributed by atoms with Gasteiger partial charge in [-0.15, -0.1) is 10.2 Å². The molecular weight excluding hydrogens is 362 g/mol. The van der Waals surface area contributed by atoms with Crippen LogP contribution in [0.4, 0.5) is 0 Å². The number of nitrogens with zero attached hydrogens (tertiary/aromatic N) is 4. The van der Waals surface area contributed by atoms with Gasteiger partial charge in [-0.05, 0) is 36.5 Å². The molecule has 9 heteroatoms. The van der Waals surface area contributed by atoms with Crippen LogP contribution in [0.15, 0.2) is 24.3 Å². The fourth-order valence-corrected chi connectivity index (χ4v) is 3.67. The molecule has 1 amide bonds. The Morgan fingerprint density at radius 1 is 1.36 bits per heavy atom. The fourth-order valence-electron chi connectivity index (χ4n) is 3.67. The molecule has 3 N–H and O–H groups in total. The Morgan fingerprint density at radius 3 is 2.75 bits per heavy atom. The fraction of sp³-hybridized carbons (Fsp3) is 0.526. The molecule has 1 fully saturated rings. The molecule has 28 heavy (non-hydrogen) atoms. The van der Waals surface area contributed by atoms with Crippen molar-refractivity contribution in [3.63, 3.8) is 0 Å². The summed E-state index contributed by atoms with van der Waals surface area (Å²) < 4.78 is 0. The van der Waals surface area contributed by atoms with Crippen LogP contribution in [0.3, 0.4) is 0 Å². The Labute approximate surface area is 162 Å². The number of aliphatic hydroxyl groups is 1. The van der Waals surface area contributed by atoms with Gasteiger partial charge in [0.2, 0.25) is 5.82 Å². The van der Waals surface area contributed by atoms with Crippen molar-refractivity contribution in [3.05, 3.63) is 29.8 Å². The van der Waals surface area contributed by atoms with Crippen molar-refractivity contribution in [2.24, 2.45) is 11.3 Å². The zero-order valence-electron chi connectivity index (χ0n) is 16.0. The van der Waals surface area contributed by atoms with E-state index in [2.05, 4.69) is 20.6 Å². The van der Waals surface area contributed by atoms with E-state index in [1.54, 1.807) is 24.3 Å². The van der Waals surface area contributed by atoms with Gasteiger partial charge in [0.25, 0.3) is 5.91 Å². The molecule has 2 aromatic rings. The Kier molecular flexibility index (Phi) is 5.73. The predicted octanol–water partition coefficient (Wildman–Crippen LogP) is 1.58. The highest BCUT2D eigenvalue weighted by Gasteiger charge is 2.50. The Morgan fingerprint density at radius 2 is 2.11 bits per heavy atom. The second kappa shape index (κ2) is 8.05. The minimum Gasteiger partial charge on any atom is -0.481 e. The van der Waals surface area contributed by atoms with E-state index in [0.717, 1.165) is 0 Å². The Bertz CT molecular complexity index is 839. The molecule has 0 radical (unpaired) electrons. The van der Waals surface area contributed by atoms with Crippen LogP contribution in [0.5, 0.6) is 0 Å². The molecule has 1 aliphatic rings. The molecule has 150 valence electrons. The topological polar surface area (TPSA) is 132 Å². The van der Waals surface area contributed by atoms with Gasteiger partial charge in [0.15, 0.2) is 0 Å². The Balaban J connectivity index is 1.90. The van der Waals surface area contributed by atoms with Crippen LogP contribution in [0.25, 0.3) is 11.4 Å². The summed E-state index contributed by atoms with van der Waals surface area (Å²) in [4.78, 5) is 26.9. The third-order valence-electron chi connectivity index (χ3n) is 5.41. The molecule has 0 saturated carbocycles. The van der Waals surface area contributed by atoms with Crippen molar-refractivity contribution >= 4 is 11.9 Å². The van der Waals surface area contributed by atoms with E-state index in [4.69, 9.17) is 0 Å². The largest absolute Gasteiger partial charge is 0.481 e. The highest BCUT2D eigenvalue weighted by Crippen LogP contribution is 2.37. The van der Waals surface area contributed by atoms with Gasteiger partial charge < -0.3 is 15.1 Å². The number of hydrogen-bond acceptors (Lipinski definition) is 6. The van der Waals surface area contributed by atoms with Crippen molar-refractivity contribution in [2.45, 2.75) is 39.2 Å². The lowest BCUT2D eigenvalue weighted by Gasteiger charge is -2.43. The number of H-pyrrole nitrogens is 1. The van der Waals surface area contributed by atoms with Crippen molar-refractivity contribution in [3.8, 4) is 11.4 Å². The molecule has 3 rings (SSSR count). The summed E-state index contributed by atoms with van der Waals surface area (Å²) in [5.74, 6) is -0.772. The lowest BCUT2D eigenvalue weighted by molar-refractivity contribution is -0.163. The number of carboxylic acids is 1. The van der Waals surface area contributed by atoms with E-state index in [0.29, 0.717) is 35.7 Å². The molecule has 1 aromatic carbocycles. The molecule has 9 nitrogen and oxygen atoms in total. The van der Waals surface area contributed by atoms with Gasteiger partial charge in [-0.1, -0.05) is 32.0 Å². The van der Waals surface area contributed by atoms with Gasteiger partial charge in [0.05, 0.1) is 11.7 Å². The maximum Gasteiger partial charge on any atom is 0.314 e. The first-order valence-electron chi connectivity index (χ1n) is 9.38. The van der Waals surface area contributed by atoms with E-state index in [-0.39, 0.29) is 25.4 Å². The zero-order valence-corrected chi connectivity index (χ0v) is 16.0. The summed E-state index contributed by atoms with van der Waals surface area (Å²) in [6, 6.07) is 6.89. The summed E-state index contributed by atoms with van der Waals surface area (Å²) in [5, 5.41) is 34.2. The number of carbonyl (C=O) groups excluding carboxylic acids is 1. The first-order chi connectivity index (χ1) is 13.3. The van der Waals surface area contributed by atoms with Crippen LogP contribution in [0.2, 0.25) is 0 Å². The zero-order chi connectivity index (χ0) is 20.3. The van der Waals surface area contributed by atoms with Crippen LogP contribution in [0.1, 0.15) is 43.5 Å². The van der Waals surface area contributed by atoms with E-state index in [1.807, 2.05) is 13.8 Å². The maximum atomic E-state index is 13.2. The average Bonchev–Trinajstić information content (AvgIpc) is 3.21. The number of hydrogen-bond donors (Lipinski definition) is 3.